The molecule has 0 atom stereocenters. The van der Waals surface area contributed by atoms with Crippen LogP contribution in [0.3, 0.4) is 0 Å². The SMILES string of the molecule is CCOC(=O)Nc1nc2cc(Nc3ccc(F)cc3)cnc2[nH]1. The molecule has 0 saturated carbocycles. The quantitative estimate of drug-likeness (QED) is 0.686. The predicted molar refractivity (Wildman–Crippen MR) is 84.2 cm³/mol. The highest BCUT2D eigenvalue weighted by Gasteiger charge is 2.08. The molecule has 0 spiro atoms. The lowest BCUT2D eigenvalue weighted by molar-refractivity contribution is 0.167. The number of aromatic nitrogens is 3. The van der Waals surface area contributed by atoms with Crippen molar-refractivity contribution < 1.29 is 13.9 Å². The van der Waals surface area contributed by atoms with E-state index in [1.165, 1.54) is 12.1 Å². The van der Waals surface area contributed by atoms with Crippen LogP contribution in [0.4, 0.5) is 26.5 Å². The summed E-state index contributed by atoms with van der Waals surface area (Å²) in [7, 11) is 0. The van der Waals surface area contributed by atoms with Crippen molar-refractivity contribution in [2.24, 2.45) is 0 Å². The molecule has 8 heteroatoms. The van der Waals surface area contributed by atoms with Crippen molar-refractivity contribution in [3.8, 4) is 0 Å². The lowest BCUT2D eigenvalue weighted by Gasteiger charge is -2.05. The first kappa shape index (κ1) is 14.8. The molecule has 0 unspecified atom stereocenters. The van der Waals surface area contributed by atoms with Crippen molar-refractivity contribution in [3.05, 3.63) is 42.3 Å². The molecule has 7 nitrogen and oxygen atoms in total. The molecule has 118 valence electrons. The Hall–Kier alpha value is -3.16. The van der Waals surface area contributed by atoms with Gasteiger partial charge in [0.2, 0.25) is 5.95 Å². The van der Waals surface area contributed by atoms with Crippen LogP contribution in [0.15, 0.2) is 36.5 Å². The average Bonchev–Trinajstić information content (AvgIpc) is 2.91. The zero-order valence-electron chi connectivity index (χ0n) is 12.3. The Morgan fingerprint density at radius 1 is 1.30 bits per heavy atom. The number of carbonyl (C=O) groups excluding carboxylic acids is 1. The number of fused-ring (bicyclic) bond motifs is 1. The molecule has 3 aromatic rings. The zero-order chi connectivity index (χ0) is 16.2. The summed E-state index contributed by atoms with van der Waals surface area (Å²) in [5, 5.41) is 5.58. The van der Waals surface area contributed by atoms with Crippen LogP contribution in [0.5, 0.6) is 0 Å². The van der Waals surface area contributed by atoms with E-state index in [0.717, 1.165) is 5.69 Å². The van der Waals surface area contributed by atoms with Crippen LogP contribution in [0.1, 0.15) is 6.92 Å². The smallest absolute Gasteiger partial charge is 0.413 e. The summed E-state index contributed by atoms with van der Waals surface area (Å²) >= 11 is 0. The van der Waals surface area contributed by atoms with Gasteiger partial charge in [-0.25, -0.2) is 19.2 Å². The first-order valence-corrected chi connectivity index (χ1v) is 6.96. The third kappa shape index (κ3) is 3.54. The normalized spacial score (nSPS) is 10.5. The van der Waals surface area contributed by atoms with Gasteiger partial charge in [0.05, 0.1) is 18.5 Å². The van der Waals surface area contributed by atoms with Crippen molar-refractivity contribution in [2.75, 3.05) is 17.2 Å². The second-order valence-corrected chi connectivity index (χ2v) is 4.65. The summed E-state index contributed by atoms with van der Waals surface area (Å²) in [6.07, 6.45) is 1.02. The minimum Gasteiger partial charge on any atom is -0.450 e. The van der Waals surface area contributed by atoms with E-state index < -0.39 is 6.09 Å². The van der Waals surface area contributed by atoms with Gasteiger partial charge in [-0.1, -0.05) is 0 Å². The Labute approximate surface area is 130 Å². The van der Waals surface area contributed by atoms with Gasteiger partial charge in [-0.3, -0.25) is 5.32 Å². The molecule has 0 radical (unpaired) electrons. The monoisotopic (exact) mass is 315 g/mol. The number of carbonyl (C=O) groups is 1. The largest absolute Gasteiger partial charge is 0.450 e. The van der Waals surface area contributed by atoms with Gasteiger partial charge in [-0.05, 0) is 37.3 Å². The molecule has 0 fully saturated rings. The van der Waals surface area contributed by atoms with E-state index in [0.29, 0.717) is 16.9 Å². The van der Waals surface area contributed by atoms with Crippen molar-refractivity contribution in [1.29, 1.82) is 0 Å². The highest BCUT2D eigenvalue weighted by molar-refractivity contribution is 5.86. The van der Waals surface area contributed by atoms with Crippen molar-refractivity contribution in [2.45, 2.75) is 6.92 Å². The molecule has 0 aliphatic carbocycles. The number of pyridine rings is 1. The molecule has 1 aromatic carbocycles. The number of aromatic amines is 1. The van der Waals surface area contributed by atoms with Crippen molar-refractivity contribution >= 4 is 34.6 Å². The van der Waals surface area contributed by atoms with Crippen LogP contribution >= 0.6 is 0 Å². The zero-order valence-corrected chi connectivity index (χ0v) is 12.3. The van der Waals surface area contributed by atoms with Gasteiger partial charge in [-0.2, -0.15) is 0 Å². The number of ether oxygens (including phenoxy) is 1. The van der Waals surface area contributed by atoms with Gasteiger partial charge in [0.1, 0.15) is 11.3 Å². The van der Waals surface area contributed by atoms with E-state index in [2.05, 4.69) is 25.6 Å². The number of nitrogens with one attached hydrogen (secondary N) is 3. The number of anilines is 3. The molecule has 2 aromatic heterocycles. The Bertz CT molecular complexity index is 832. The summed E-state index contributed by atoms with van der Waals surface area (Å²) in [5.74, 6) is -0.0454. The van der Waals surface area contributed by atoms with Crippen LogP contribution < -0.4 is 10.6 Å². The number of H-pyrrole nitrogens is 1. The fraction of sp³-hybridized carbons (Fsp3) is 0.133. The second kappa shape index (κ2) is 6.30. The number of halogens is 1. The minimum absolute atomic E-state index is 0.255. The highest BCUT2D eigenvalue weighted by atomic mass is 19.1. The van der Waals surface area contributed by atoms with Crippen LogP contribution in [0.2, 0.25) is 0 Å². The maximum Gasteiger partial charge on any atom is 0.413 e. The number of benzene rings is 1. The molecule has 3 rings (SSSR count). The van der Waals surface area contributed by atoms with Gasteiger partial charge in [-0.15, -0.1) is 0 Å². The van der Waals surface area contributed by atoms with Gasteiger partial charge in [0.15, 0.2) is 5.65 Å². The predicted octanol–water partition coefficient (Wildman–Crippen LogP) is 3.41. The lowest BCUT2D eigenvalue weighted by atomic mass is 10.3. The van der Waals surface area contributed by atoms with Gasteiger partial charge < -0.3 is 15.0 Å². The topological polar surface area (TPSA) is 91.9 Å². The maximum absolute atomic E-state index is 12.9. The number of nitrogens with zero attached hydrogens (tertiary/aromatic N) is 2. The highest BCUT2D eigenvalue weighted by Crippen LogP contribution is 2.20. The summed E-state index contributed by atoms with van der Waals surface area (Å²) in [6, 6.07) is 7.74. The Morgan fingerprint density at radius 2 is 2.09 bits per heavy atom. The molecule has 1 amide bonds. The third-order valence-corrected chi connectivity index (χ3v) is 2.97. The van der Waals surface area contributed by atoms with Gasteiger partial charge in [0, 0.05) is 5.69 Å². The van der Waals surface area contributed by atoms with E-state index in [4.69, 9.17) is 4.74 Å². The number of rotatable bonds is 4. The fourth-order valence-electron chi connectivity index (χ4n) is 1.99. The molecule has 0 saturated heterocycles. The lowest BCUT2D eigenvalue weighted by Crippen LogP contribution is -2.14. The second-order valence-electron chi connectivity index (χ2n) is 4.65. The molecule has 0 aliphatic heterocycles. The molecular weight excluding hydrogens is 301 g/mol. The Balaban J connectivity index is 1.78. The average molecular weight is 315 g/mol. The van der Waals surface area contributed by atoms with Crippen molar-refractivity contribution in [3.63, 3.8) is 0 Å². The van der Waals surface area contributed by atoms with Gasteiger partial charge >= 0.3 is 6.09 Å². The molecule has 23 heavy (non-hydrogen) atoms. The van der Waals surface area contributed by atoms with E-state index in [9.17, 15) is 9.18 Å². The van der Waals surface area contributed by atoms with E-state index in [1.54, 1.807) is 31.3 Å². The molecular formula is C15H14FN5O2. The van der Waals surface area contributed by atoms with Crippen LogP contribution in [0.25, 0.3) is 11.2 Å². The fourth-order valence-corrected chi connectivity index (χ4v) is 1.99. The number of hydrogen-bond donors (Lipinski definition) is 3. The third-order valence-electron chi connectivity index (χ3n) is 2.97. The first-order valence-electron chi connectivity index (χ1n) is 6.96. The van der Waals surface area contributed by atoms with Crippen LogP contribution in [0, 0.1) is 5.82 Å². The van der Waals surface area contributed by atoms with E-state index >= 15 is 0 Å². The molecule has 0 bridgehead atoms. The molecule has 0 aliphatic rings. The standard InChI is InChI=1S/C15H14FN5O2/c1-2-23-15(22)21-14-19-12-7-11(8-17-13(12)20-14)18-10-5-3-9(16)4-6-10/h3-8,18H,2H2,1H3,(H2,17,19,20,21,22). The Kier molecular flexibility index (Phi) is 4.05. The Morgan fingerprint density at radius 3 is 2.83 bits per heavy atom. The summed E-state index contributed by atoms with van der Waals surface area (Å²) in [6.45, 7) is 1.99. The maximum atomic E-state index is 12.9. The van der Waals surface area contributed by atoms with Gasteiger partial charge in [0.25, 0.3) is 0 Å². The summed E-state index contributed by atoms with van der Waals surface area (Å²) in [4.78, 5) is 22.7. The summed E-state index contributed by atoms with van der Waals surface area (Å²) in [5.41, 5.74) is 2.52. The molecule has 3 N–H and O–H groups in total. The van der Waals surface area contributed by atoms with E-state index in [1.807, 2.05) is 0 Å². The summed E-state index contributed by atoms with van der Waals surface area (Å²) < 4.78 is 17.7. The number of hydrogen-bond acceptors (Lipinski definition) is 5. The first-order chi connectivity index (χ1) is 11.1. The minimum atomic E-state index is -0.587. The van der Waals surface area contributed by atoms with Crippen LogP contribution in [-0.4, -0.2) is 27.7 Å². The number of amides is 1. The van der Waals surface area contributed by atoms with Crippen molar-refractivity contribution in [1.82, 2.24) is 15.0 Å². The van der Waals surface area contributed by atoms with Crippen LogP contribution in [-0.2, 0) is 4.74 Å². The molecule has 2 heterocycles. The van der Waals surface area contributed by atoms with E-state index in [-0.39, 0.29) is 18.4 Å². The number of imidazole rings is 1.